The van der Waals surface area contributed by atoms with Gasteiger partial charge in [0.2, 0.25) is 0 Å². The highest BCUT2D eigenvalue weighted by atomic mass is 16.5. The summed E-state index contributed by atoms with van der Waals surface area (Å²) in [6.45, 7) is 1.18. The molecule has 0 aromatic heterocycles. The molecule has 1 saturated heterocycles. The van der Waals surface area contributed by atoms with Crippen molar-refractivity contribution >= 4 is 0 Å². The van der Waals surface area contributed by atoms with E-state index in [0.717, 1.165) is 6.42 Å². The fourth-order valence-electron chi connectivity index (χ4n) is 1.02. The molecular formula is C6H13NO2. The van der Waals surface area contributed by atoms with Crippen molar-refractivity contribution in [3.05, 3.63) is 0 Å². The van der Waals surface area contributed by atoms with Gasteiger partial charge in [0.1, 0.15) is 0 Å². The first kappa shape index (κ1) is 6.99. The molecule has 0 saturated carbocycles. The van der Waals surface area contributed by atoms with Gasteiger partial charge < -0.3 is 15.6 Å². The van der Waals surface area contributed by atoms with Gasteiger partial charge >= 0.3 is 0 Å². The largest absolute Gasteiger partial charge is 0.393 e. The summed E-state index contributed by atoms with van der Waals surface area (Å²) in [5, 5.41) is 9.08. The zero-order chi connectivity index (χ0) is 6.69. The Morgan fingerprint density at radius 2 is 2.44 bits per heavy atom. The standard InChI is InChI=1S/C6H13NO2/c7-4-6-3-5(8)1-2-9-6/h5-6,8H,1-4,7H2/t5-,6+/m1/s1. The molecule has 0 amide bonds. The Morgan fingerprint density at radius 1 is 1.67 bits per heavy atom. The quantitative estimate of drug-likeness (QED) is 0.503. The highest BCUT2D eigenvalue weighted by Crippen LogP contribution is 2.11. The Balaban J connectivity index is 2.23. The average molecular weight is 131 g/mol. The van der Waals surface area contributed by atoms with Crippen LogP contribution in [-0.2, 0) is 4.74 Å². The molecule has 0 spiro atoms. The lowest BCUT2D eigenvalue weighted by molar-refractivity contribution is -0.0383. The Morgan fingerprint density at radius 3 is 2.89 bits per heavy atom. The number of aliphatic hydroxyl groups excluding tert-OH is 1. The van der Waals surface area contributed by atoms with Crippen LogP contribution in [0, 0.1) is 0 Å². The third-order valence-corrected chi connectivity index (χ3v) is 1.60. The van der Waals surface area contributed by atoms with Crippen LogP contribution in [0.4, 0.5) is 0 Å². The molecule has 3 N–H and O–H groups in total. The lowest BCUT2D eigenvalue weighted by Gasteiger charge is -2.24. The van der Waals surface area contributed by atoms with Gasteiger partial charge in [0.05, 0.1) is 12.2 Å². The third kappa shape index (κ3) is 1.93. The number of nitrogens with two attached hydrogens (primary N) is 1. The van der Waals surface area contributed by atoms with Crippen LogP contribution in [-0.4, -0.2) is 30.5 Å². The number of rotatable bonds is 1. The van der Waals surface area contributed by atoms with Crippen molar-refractivity contribution in [2.75, 3.05) is 13.2 Å². The SMILES string of the molecule is NC[C@@H]1C[C@H](O)CCO1. The first-order chi connectivity index (χ1) is 4.33. The van der Waals surface area contributed by atoms with Crippen LogP contribution in [0.15, 0.2) is 0 Å². The van der Waals surface area contributed by atoms with E-state index in [9.17, 15) is 0 Å². The second-order valence-corrected chi connectivity index (χ2v) is 2.41. The van der Waals surface area contributed by atoms with Gasteiger partial charge in [-0.3, -0.25) is 0 Å². The van der Waals surface area contributed by atoms with Gasteiger partial charge in [0.25, 0.3) is 0 Å². The van der Waals surface area contributed by atoms with E-state index < -0.39 is 0 Å². The fourth-order valence-corrected chi connectivity index (χ4v) is 1.02. The molecule has 54 valence electrons. The van der Waals surface area contributed by atoms with E-state index in [2.05, 4.69) is 0 Å². The van der Waals surface area contributed by atoms with E-state index in [1.54, 1.807) is 0 Å². The third-order valence-electron chi connectivity index (χ3n) is 1.60. The zero-order valence-electron chi connectivity index (χ0n) is 5.42. The summed E-state index contributed by atoms with van der Waals surface area (Å²) in [4.78, 5) is 0. The lowest BCUT2D eigenvalue weighted by atomic mass is 10.1. The van der Waals surface area contributed by atoms with Crippen LogP contribution < -0.4 is 5.73 Å². The van der Waals surface area contributed by atoms with Crippen molar-refractivity contribution in [2.45, 2.75) is 25.0 Å². The minimum absolute atomic E-state index is 0.0914. The minimum atomic E-state index is -0.188. The molecule has 1 heterocycles. The van der Waals surface area contributed by atoms with Crippen molar-refractivity contribution in [2.24, 2.45) is 5.73 Å². The molecule has 3 nitrogen and oxygen atoms in total. The molecule has 1 rings (SSSR count). The normalized spacial score (nSPS) is 36.7. The van der Waals surface area contributed by atoms with Crippen molar-refractivity contribution in [3.8, 4) is 0 Å². The smallest absolute Gasteiger partial charge is 0.0721 e. The van der Waals surface area contributed by atoms with Gasteiger partial charge in [-0.2, -0.15) is 0 Å². The molecule has 0 unspecified atom stereocenters. The average Bonchev–Trinajstić information content (AvgIpc) is 1.88. The number of hydrogen-bond donors (Lipinski definition) is 2. The fraction of sp³-hybridized carbons (Fsp3) is 1.00. The minimum Gasteiger partial charge on any atom is -0.393 e. The Bertz CT molecular complexity index is 87.1. The van der Waals surface area contributed by atoms with Gasteiger partial charge in [0, 0.05) is 19.6 Å². The molecule has 9 heavy (non-hydrogen) atoms. The van der Waals surface area contributed by atoms with Crippen LogP contribution in [0.3, 0.4) is 0 Å². The summed E-state index contributed by atoms with van der Waals surface area (Å²) in [7, 11) is 0. The van der Waals surface area contributed by atoms with Crippen molar-refractivity contribution in [3.63, 3.8) is 0 Å². The second kappa shape index (κ2) is 3.15. The van der Waals surface area contributed by atoms with Crippen molar-refractivity contribution < 1.29 is 9.84 Å². The van der Waals surface area contributed by atoms with Gasteiger partial charge in [0.15, 0.2) is 0 Å². The molecule has 1 aliphatic heterocycles. The zero-order valence-corrected chi connectivity index (χ0v) is 5.42. The number of ether oxygens (including phenoxy) is 1. The molecule has 0 radical (unpaired) electrons. The summed E-state index contributed by atoms with van der Waals surface area (Å²) >= 11 is 0. The lowest BCUT2D eigenvalue weighted by Crippen LogP contribution is -2.34. The number of aliphatic hydroxyl groups is 1. The van der Waals surface area contributed by atoms with Gasteiger partial charge in [-0.1, -0.05) is 0 Å². The maximum absolute atomic E-state index is 9.08. The van der Waals surface area contributed by atoms with E-state index in [1.165, 1.54) is 0 Å². The van der Waals surface area contributed by atoms with Gasteiger partial charge in [-0.15, -0.1) is 0 Å². The maximum Gasteiger partial charge on any atom is 0.0721 e. The summed E-state index contributed by atoms with van der Waals surface area (Å²) in [6.07, 6.45) is 1.37. The predicted molar refractivity (Wildman–Crippen MR) is 34.0 cm³/mol. The van der Waals surface area contributed by atoms with Gasteiger partial charge in [-0.05, 0) is 6.42 Å². The molecule has 0 aliphatic carbocycles. The molecule has 1 aliphatic rings. The first-order valence-electron chi connectivity index (χ1n) is 3.32. The molecule has 2 atom stereocenters. The topological polar surface area (TPSA) is 55.5 Å². The highest BCUT2D eigenvalue weighted by molar-refractivity contribution is 4.70. The summed E-state index contributed by atoms with van der Waals surface area (Å²) in [5.41, 5.74) is 5.33. The highest BCUT2D eigenvalue weighted by Gasteiger charge is 2.18. The van der Waals surface area contributed by atoms with E-state index in [1.807, 2.05) is 0 Å². The van der Waals surface area contributed by atoms with E-state index >= 15 is 0 Å². The summed E-state index contributed by atoms with van der Waals surface area (Å²) < 4.78 is 5.21. The van der Waals surface area contributed by atoms with E-state index in [0.29, 0.717) is 19.6 Å². The van der Waals surface area contributed by atoms with Crippen molar-refractivity contribution in [1.29, 1.82) is 0 Å². The first-order valence-corrected chi connectivity index (χ1v) is 3.32. The van der Waals surface area contributed by atoms with E-state index in [-0.39, 0.29) is 12.2 Å². The molecule has 0 aromatic rings. The molecule has 1 fully saturated rings. The van der Waals surface area contributed by atoms with Crippen LogP contribution in [0.1, 0.15) is 12.8 Å². The Labute approximate surface area is 54.8 Å². The monoisotopic (exact) mass is 131 g/mol. The molecule has 0 aromatic carbocycles. The Hall–Kier alpha value is -0.120. The van der Waals surface area contributed by atoms with Gasteiger partial charge in [-0.25, -0.2) is 0 Å². The molecular weight excluding hydrogens is 118 g/mol. The molecule has 0 bridgehead atoms. The second-order valence-electron chi connectivity index (χ2n) is 2.41. The maximum atomic E-state index is 9.08. The molecule has 3 heteroatoms. The van der Waals surface area contributed by atoms with Crippen LogP contribution in [0.2, 0.25) is 0 Å². The summed E-state index contributed by atoms with van der Waals surface area (Å²) in [6, 6.07) is 0. The van der Waals surface area contributed by atoms with Crippen LogP contribution in [0.25, 0.3) is 0 Å². The number of hydrogen-bond acceptors (Lipinski definition) is 3. The summed E-state index contributed by atoms with van der Waals surface area (Å²) in [5.74, 6) is 0. The Kier molecular flexibility index (Phi) is 2.45. The van der Waals surface area contributed by atoms with E-state index in [4.69, 9.17) is 15.6 Å². The van der Waals surface area contributed by atoms with Crippen LogP contribution in [0.5, 0.6) is 0 Å². The van der Waals surface area contributed by atoms with Crippen LogP contribution >= 0.6 is 0 Å². The van der Waals surface area contributed by atoms with Crippen molar-refractivity contribution in [1.82, 2.24) is 0 Å². The predicted octanol–water partition coefficient (Wildman–Crippen LogP) is -0.515.